The second-order valence-corrected chi connectivity index (χ2v) is 4.20. The van der Waals surface area contributed by atoms with Crippen molar-refractivity contribution in [2.75, 3.05) is 6.54 Å². The maximum absolute atomic E-state index is 5.42. The molecule has 86 valence electrons. The van der Waals surface area contributed by atoms with Gasteiger partial charge >= 0.3 is 0 Å². The van der Waals surface area contributed by atoms with Crippen LogP contribution in [0.3, 0.4) is 0 Å². The summed E-state index contributed by atoms with van der Waals surface area (Å²) in [5.74, 6) is 2.86. The molecule has 1 heterocycles. The second-order valence-electron chi connectivity index (χ2n) is 4.20. The van der Waals surface area contributed by atoms with Gasteiger partial charge < -0.3 is 10.3 Å². The lowest BCUT2D eigenvalue weighted by Gasteiger charge is -2.01. The first-order valence-corrected chi connectivity index (χ1v) is 5.32. The normalized spacial score (nSPS) is 25.2. The van der Waals surface area contributed by atoms with E-state index in [1.807, 2.05) is 0 Å². The van der Waals surface area contributed by atoms with Crippen molar-refractivity contribution in [3.8, 4) is 0 Å². The van der Waals surface area contributed by atoms with Crippen molar-refractivity contribution in [3.05, 3.63) is 11.7 Å². The molecular formula is C10H18ClN3O. The van der Waals surface area contributed by atoms with Crippen LogP contribution in [0.1, 0.15) is 43.8 Å². The fraction of sp³-hybridized carbons (Fsp3) is 0.800. The lowest BCUT2D eigenvalue weighted by Crippen LogP contribution is -2.04. The molecule has 0 aliphatic heterocycles. The Labute approximate surface area is 96.0 Å². The number of halogens is 1. The first-order chi connectivity index (χ1) is 6.79. The number of nitrogens with two attached hydrogens (primary N) is 1. The molecule has 4 nitrogen and oxygen atoms in total. The fourth-order valence-electron chi connectivity index (χ4n) is 2.10. The van der Waals surface area contributed by atoms with E-state index in [1.54, 1.807) is 0 Å². The van der Waals surface area contributed by atoms with E-state index in [2.05, 4.69) is 17.1 Å². The van der Waals surface area contributed by atoms with Crippen molar-refractivity contribution < 1.29 is 4.52 Å². The van der Waals surface area contributed by atoms with E-state index in [0.717, 1.165) is 17.6 Å². The highest BCUT2D eigenvalue weighted by Crippen LogP contribution is 2.36. The van der Waals surface area contributed by atoms with Crippen LogP contribution in [-0.2, 0) is 6.42 Å². The molecule has 1 aliphatic rings. The van der Waals surface area contributed by atoms with Crippen molar-refractivity contribution in [1.82, 2.24) is 10.1 Å². The van der Waals surface area contributed by atoms with Crippen LogP contribution in [-0.4, -0.2) is 16.7 Å². The van der Waals surface area contributed by atoms with Gasteiger partial charge in [0.05, 0.1) is 0 Å². The van der Waals surface area contributed by atoms with Gasteiger partial charge in [0.25, 0.3) is 0 Å². The Balaban J connectivity index is 0.00000112. The maximum Gasteiger partial charge on any atom is 0.229 e. The predicted molar refractivity (Wildman–Crippen MR) is 60.1 cm³/mol. The summed E-state index contributed by atoms with van der Waals surface area (Å²) in [6.45, 7) is 2.86. The Bertz CT molecular complexity index is 303. The highest BCUT2D eigenvalue weighted by Gasteiger charge is 2.27. The summed E-state index contributed by atoms with van der Waals surface area (Å²) < 4.78 is 5.23. The molecule has 0 spiro atoms. The van der Waals surface area contributed by atoms with Crippen molar-refractivity contribution in [3.63, 3.8) is 0 Å². The van der Waals surface area contributed by atoms with Gasteiger partial charge in [-0.1, -0.05) is 12.1 Å². The topological polar surface area (TPSA) is 64.9 Å². The van der Waals surface area contributed by atoms with Crippen molar-refractivity contribution in [2.45, 2.75) is 38.5 Å². The van der Waals surface area contributed by atoms with Gasteiger partial charge in [-0.25, -0.2) is 0 Å². The lowest BCUT2D eigenvalue weighted by atomic mass is 10.1. The first kappa shape index (κ1) is 12.5. The molecule has 0 aromatic carbocycles. The quantitative estimate of drug-likeness (QED) is 0.863. The van der Waals surface area contributed by atoms with Gasteiger partial charge in [-0.2, -0.15) is 4.98 Å². The molecule has 0 radical (unpaired) electrons. The molecule has 2 unspecified atom stereocenters. The van der Waals surface area contributed by atoms with Crippen LogP contribution in [0.2, 0.25) is 0 Å². The molecule has 2 N–H and O–H groups in total. The number of nitrogens with zero attached hydrogens (tertiary/aromatic N) is 2. The Hall–Kier alpha value is -0.610. The van der Waals surface area contributed by atoms with Crippen LogP contribution in [0.4, 0.5) is 0 Å². The molecular weight excluding hydrogens is 214 g/mol. The third-order valence-corrected chi connectivity index (χ3v) is 2.90. The zero-order chi connectivity index (χ0) is 9.97. The van der Waals surface area contributed by atoms with Crippen molar-refractivity contribution in [1.29, 1.82) is 0 Å². The summed E-state index contributed by atoms with van der Waals surface area (Å²) in [7, 11) is 0. The fourth-order valence-corrected chi connectivity index (χ4v) is 2.10. The molecule has 2 rings (SSSR count). The summed E-state index contributed by atoms with van der Waals surface area (Å²) in [5.41, 5.74) is 5.42. The van der Waals surface area contributed by atoms with Gasteiger partial charge in [0, 0.05) is 12.3 Å². The van der Waals surface area contributed by atoms with Crippen LogP contribution in [0, 0.1) is 5.92 Å². The Kier molecular flexibility index (Phi) is 4.54. The predicted octanol–water partition coefficient (Wildman–Crippen LogP) is 1.90. The zero-order valence-corrected chi connectivity index (χ0v) is 9.80. The minimum Gasteiger partial charge on any atom is -0.339 e. The highest BCUT2D eigenvalue weighted by molar-refractivity contribution is 5.85. The summed E-state index contributed by atoms with van der Waals surface area (Å²) in [4.78, 5) is 4.36. The smallest absolute Gasteiger partial charge is 0.229 e. The van der Waals surface area contributed by atoms with Gasteiger partial charge in [0.2, 0.25) is 5.89 Å². The average molecular weight is 232 g/mol. The van der Waals surface area contributed by atoms with Crippen molar-refractivity contribution in [2.24, 2.45) is 11.7 Å². The number of aromatic nitrogens is 2. The van der Waals surface area contributed by atoms with Crippen LogP contribution in [0.25, 0.3) is 0 Å². The van der Waals surface area contributed by atoms with Gasteiger partial charge in [-0.15, -0.1) is 12.4 Å². The Morgan fingerprint density at radius 1 is 1.47 bits per heavy atom. The molecule has 1 aromatic heterocycles. The maximum atomic E-state index is 5.42. The zero-order valence-electron chi connectivity index (χ0n) is 8.98. The monoisotopic (exact) mass is 231 g/mol. The molecule has 1 saturated carbocycles. The largest absolute Gasteiger partial charge is 0.339 e. The third-order valence-electron chi connectivity index (χ3n) is 2.90. The third kappa shape index (κ3) is 2.92. The first-order valence-electron chi connectivity index (χ1n) is 5.32. The number of hydrogen-bond acceptors (Lipinski definition) is 4. The van der Waals surface area contributed by atoms with Gasteiger partial charge in [-0.3, -0.25) is 0 Å². The summed E-state index contributed by atoms with van der Waals surface area (Å²) >= 11 is 0. The van der Waals surface area contributed by atoms with Crippen molar-refractivity contribution >= 4 is 12.4 Å². The Morgan fingerprint density at radius 3 is 2.87 bits per heavy atom. The number of hydrogen-bond donors (Lipinski definition) is 1. The van der Waals surface area contributed by atoms with E-state index in [-0.39, 0.29) is 12.4 Å². The van der Waals surface area contributed by atoms with Gasteiger partial charge in [-0.05, 0) is 31.7 Å². The SMILES string of the molecule is CC1CCC(c2nc(CCN)no2)C1.Cl. The molecule has 1 aromatic rings. The molecule has 15 heavy (non-hydrogen) atoms. The van der Waals surface area contributed by atoms with E-state index < -0.39 is 0 Å². The molecule has 0 bridgehead atoms. The minimum atomic E-state index is 0. The Morgan fingerprint density at radius 2 is 2.27 bits per heavy atom. The molecule has 0 amide bonds. The molecule has 5 heteroatoms. The van der Waals surface area contributed by atoms with Crippen LogP contribution in [0.15, 0.2) is 4.52 Å². The van der Waals surface area contributed by atoms with E-state index in [4.69, 9.17) is 10.3 Å². The van der Waals surface area contributed by atoms with E-state index in [9.17, 15) is 0 Å². The molecule has 2 atom stereocenters. The van der Waals surface area contributed by atoms with E-state index >= 15 is 0 Å². The summed E-state index contributed by atoms with van der Waals surface area (Å²) in [5, 5.41) is 3.91. The summed E-state index contributed by atoms with van der Waals surface area (Å²) in [6.07, 6.45) is 4.36. The standard InChI is InChI=1S/C10H17N3O.ClH/c1-7-2-3-8(6-7)10-12-9(4-5-11)13-14-10;/h7-8H,2-6,11H2,1H3;1H. The van der Waals surface area contributed by atoms with Gasteiger partial charge in [0.1, 0.15) is 0 Å². The lowest BCUT2D eigenvalue weighted by molar-refractivity contribution is 0.348. The summed E-state index contributed by atoms with van der Waals surface area (Å²) in [6, 6.07) is 0. The molecule has 1 fully saturated rings. The van der Waals surface area contributed by atoms with Crippen LogP contribution < -0.4 is 5.73 Å². The highest BCUT2D eigenvalue weighted by atomic mass is 35.5. The van der Waals surface area contributed by atoms with E-state index in [0.29, 0.717) is 18.9 Å². The van der Waals surface area contributed by atoms with E-state index in [1.165, 1.54) is 19.3 Å². The molecule has 0 saturated heterocycles. The minimum absolute atomic E-state index is 0. The van der Waals surface area contributed by atoms with Crippen LogP contribution >= 0.6 is 12.4 Å². The van der Waals surface area contributed by atoms with Crippen LogP contribution in [0.5, 0.6) is 0 Å². The second kappa shape index (κ2) is 5.47. The molecule has 1 aliphatic carbocycles. The number of rotatable bonds is 3. The average Bonchev–Trinajstić information content (AvgIpc) is 2.74. The van der Waals surface area contributed by atoms with Gasteiger partial charge in [0.15, 0.2) is 5.82 Å².